The smallest absolute Gasteiger partial charge is 0.497 e. The quantitative estimate of drug-likeness (QED) is 0.324. The molecule has 182 valence electrons. The fourth-order valence-corrected chi connectivity index (χ4v) is 3.18. The Bertz CT molecular complexity index is 1130. The number of nitrogens with one attached hydrogen (secondary N) is 2. The van der Waals surface area contributed by atoms with Crippen molar-refractivity contribution in [3.63, 3.8) is 0 Å². The van der Waals surface area contributed by atoms with E-state index >= 15 is 0 Å². The lowest BCUT2D eigenvalue weighted by molar-refractivity contribution is -0.116. The molecular formula is C27H28N2O6. The van der Waals surface area contributed by atoms with Gasteiger partial charge in [-0.15, -0.1) is 0 Å². The van der Waals surface area contributed by atoms with Gasteiger partial charge in [0.15, 0.2) is 0 Å². The highest BCUT2D eigenvalue weighted by Crippen LogP contribution is 2.15. The highest BCUT2D eigenvalue weighted by Gasteiger charge is 2.09. The van der Waals surface area contributed by atoms with E-state index in [4.69, 9.17) is 14.2 Å². The van der Waals surface area contributed by atoms with Crippen molar-refractivity contribution < 1.29 is 28.6 Å². The van der Waals surface area contributed by atoms with Crippen LogP contribution in [-0.4, -0.2) is 31.7 Å². The van der Waals surface area contributed by atoms with Gasteiger partial charge >= 0.3 is 6.16 Å². The molecule has 8 heteroatoms. The number of hydrogen-bond acceptors (Lipinski definition) is 6. The molecule has 3 aromatic carbocycles. The number of carbonyl (C=O) groups is 3. The monoisotopic (exact) mass is 476 g/mol. The van der Waals surface area contributed by atoms with Gasteiger partial charge in [-0.1, -0.05) is 24.3 Å². The minimum atomic E-state index is -0.790. The van der Waals surface area contributed by atoms with E-state index in [2.05, 4.69) is 10.6 Å². The Labute approximate surface area is 204 Å². The molecule has 35 heavy (non-hydrogen) atoms. The van der Waals surface area contributed by atoms with Crippen LogP contribution in [0.5, 0.6) is 11.5 Å². The third-order valence-electron chi connectivity index (χ3n) is 5.07. The number of aryl methyl sites for hydroxylation is 1. The molecule has 2 amide bonds. The van der Waals surface area contributed by atoms with E-state index in [0.29, 0.717) is 36.4 Å². The molecule has 0 saturated carbocycles. The van der Waals surface area contributed by atoms with Crippen molar-refractivity contribution in [3.05, 3.63) is 89.5 Å². The second-order valence-electron chi connectivity index (χ2n) is 7.59. The number of carbonyl (C=O) groups excluding carboxylic acids is 3. The Morgan fingerprint density at radius 3 is 2.06 bits per heavy atom. The minimum Gasteiger partial charge on any atom is -0.497 e. The number of amides is 2. The number of ether oxygens (including phenoxy) is 3. The molecule has 0 saturated heterocycles. The van der Waals surface area contributed by atoms with E-state index in [1.807, 2.05) is 36.4 Å². The molecule has 0 aromatic heterocycles. The van der Waals surface area contributed by atoms with Gasteiger partial charge in [-0.3, -0.25) is 9.59 Å². The van der Waals surface area contributed by atoms with Gasteiger partial charge in [-0.2, -0.15) is 0 Å². The minimum absolute atomic E-state index is 0.0720. The fraction of sp³-hybridized carbons (Fsp3) is 0.222. The summed E-state index contributed by atoms with van der Waals surface area (Å²) >= 11 is 0. The van der Waals surface area contributed by atoms with Gasteiger partial charge in [0, 0.05) is 24.2 Å². The van der Waals surface area contributed by atoms with Crippen LogP contribution in [0.25, 0.3) is 0 Å². The molecule has 8 nitrogen and oxygen atoms in total. The van der Waals surface area contributed by atoms with Crippen LogP contribution >= 0.6 is 0 Å². The van der Waals surface area contributed by atoms with Crippen molar-refractivity contribution in [3.8, 4) is 11.5 Å². The summed E-state index contributed by atoms with van der Waals surface area (Å²) in [7, 11) is 1.62. The molecule has 0 aliphatic rings. The zero-order valence-corrected chi connectivity index (χ0v) is 19.7. The van der Waals surface area contributed by atoms with Crippen LogP contribution in [0.4, 0.5) is 10.5 Å². The van der Waals surface area contributed by atoms with Gasteiger partial charge in [-0.05, 0) is 73.0 Å². The summed E-state index contributed by atoms with van der Waals surface area (Å²) in [5.74, 6) is 0.746. The van der Waals surface area contributed by atoms with Crippen molar-refractivity contribution in [2.75, 3.05) is 19.0 Å². The summed E-state index contributed by atoms with van der Waals surface area (Å²) < 4.78 is 14.8. The molecule has 3 rings (SSSR count). The predicted molar refractivity (Wildman–Crippen MR) is 132 cm³/mol. The first-order valence-corrected chi connectivity index (χ1v) is 11.2. The number of anilines is 1. The molecule has 0 aliphatic carbocycles. The normalized spacial score (nSPS) is 10.2. The van der Waals surface area contributed by atoms with Crippen molar-refractivity contribution in [1.29, 1.82) is 0 Å². The van der Waals surface area contributed by atoms with E-state index in [1.54, 1.807) is 38.3 Å². The molecule has 3 aromatic rings. The molecule has 0 spiro atoms. The molecular weight excluding hydrogens is 448 g/mol. The lowest BCUT2D eigenvalue weighted by Gasteiger charge is -2.09. The molecule has 0 aliphatic heterocycles. The topological polar surface area (TPSA) is 103 Å². The van der Waals surface area contributed by atoms with Crippen LogP contribution in [0.2, 0.25) is 0 Å². The SMILES string of the molecule is CCOC(=O)Oc1ccc(C(=O)NCc2ccc(NC(=O)CCc3ccc(OC)cc3)cc2)cc1. The molecule has 0 radical (unpaired) electrons. The Morgan fingerprint density at radius 1 is 0.800 bits per heavy atom. The Hall–Kier alpha value is -4.33. The first-order valence-electron chi connectivity index (χ1n) is 11.2. The van der Waals surface area contributed by atoms with Gasteiger partial charge in [0.25, 0.3) is 5.91 Å². The van der Waals surface area contributed by atoms with Crippen LogP contribution in [-0.2, 0) is 22.5 Å². The summed E-state index contributed by atoms with van der Waals surface area (Å²) in [5.41, 5.74) is 3.07. The fourth-order valence-electron chi connectivity index (χ4n) is 3.18. The maximum absolute atomic E-state index is 12.4. The van der Waals surface area contributed by atoms with Crippen molar-refractivity contribution in [2.24, 2.45) is 0 Å². The third-order valence-corrected chi connectivity index (χ3v) is 5.07. The lowest BCUT2D eigenvalue weighted by atomic mass is 10.1. The van der Waals surface area contributed by atoms with Gasteiger partial charge in [0.05, 0.1) is 13.7 Å². The van der Waals surface area contributed by atoms with E-state index in [1.165, 1.54) is 12.1 Å². The maximum Gasteiger partial charge on any atom is 0.513 e. The van der Waals surface area contributed by atoms with Crippen LogP contribution < -0.4 is 20.1 Å². The summed E-state index contributed by atoms with van der Waals surface area (Å²) in [6.07, 6.45) is 0.213. The second-order valence-corrected chi connectivity index (χ2v) is 7.59. The molecule has 0 bridgehead atoms. The van der Waals surface area contributed by atoms with Crippen LogP contribution in [0, 0.1) is 0 Å². The predicted octanol–water partition coefficient (Wildman–Crippen LogP) is 4.73. The van der Waals surface area contributed by atoms with E-state index in [0.717, 1.165) is 16.9 Å². The molecule has 2 N–H and O–H groups in total. The van der Waals surface area contributed by atoms with E-state index in [9.17, 15) is 14.4 Å². The standard InChI is InChI=1S/C27H28N2O6/c1-3-34-27(32)35-24-15-9-21(10-16-24)26(31)28-18-20-4-11-22(12-5-20)29-25(30)17-8-19-6-13-23(33-2)14-7-19/h4-7,9-16H,3,8,17-18H2,1-2H3,(H,28,31)(H,29,30). The largest absolute Gasteiger partial charge is 0.513 e. The number of hydrogen-bond donors (Lipinski definition) is 2. The summed E-state index contributed by atoms with van der Waals surface area (Å²) in [5, 5.41) is 5.72. The summed E-state index contributed by atoms with van der Waals surface area (Å²) in [4.78, 5) is 36.0. The highest BCUT2D eigenvalue weighted by molar-refractivity contribution is 5.94. The lowest BCUT2D eigenvalue weighted by Crippen LogP contribution is -2.22. The molecule has 0 fully saturated rings. The number of benzene rings is 3. The van der Waals surface area contributed by atoms with Crippen molar-refractivity contribution in [2.45, 2.75) is 26.3 Å². The zero-order valence-electron chi connectivity index (χ0n) is 19.7. The average Bonchev–Trinajstić information content (AvgIpc) is 2.88. The number of methoxy groups -OCH3 is 1. The third kappa shape index (κ3) is 8.19. The van der Waals surface area contributed by atoms with Crippen molar-refractivity contribution in [1.82, 2.24) is 5.32 Å². The van der Waals surface area contributed by atoms with Crippen molar-refractivity contribution >= 4 is 23.7 Å². The second kappa shape index (κ2) is 12.8. The maximum atomic E-state index is 12.4. The first-order chi connectivity index (χ1) is 17.0. The van der Waals surface area contributed by atoms with Gasteiger partial charge in [0.1, 0.15) is 11.5 Å². The average molecular weight is 477 g/mol. The first kappa shape index (κ1) is 25.3. The molecule has 0 unspecified atom stereocenters. The molecule has 0 atom stereocenters. The molecule has 0 heterocycles. The van der Waals surface area contributed by atoms with E-state index < -0.39 is 6.16 Å². The van der Waals surface area contributed by atoms with Crippen LogP contribution in [0.1, 0.15) is 34.8 Å². The van der Waals surface area contributed by atoms with Gasteiger partial charge < -0.3 is 24.8 Å². The highest BCUT2D eigenvalue weighted by atomic mass is 16.7. The summed E-state index contributed by atoms with van der Waals surface area (Å²) in [6.45, 7) is 2.23. The number of rotatable bonds is 10. The Balaban J connectivity index is 1.42. The van der Waals surface area contributed by atoms with Gasteiger partial charge in [0.2, 0.25) is 5.91 Å². The van der Waals surface area contributed by atoms with Crippen LogP contribution in [0.15, 0.2) is 72.8 Å². The van der Waals surface area contributed by atoms with E-state index in [-0.39, 0.29) is 18.4 Å². The Kier molecular flexibility index (Phi) is 9.24. The summed E-state index contributed by atoms with van der Waals surface area (Å²) in [6, 6.07) is 21.1. The Morgan fingerprint density at radius 2 is 1.43 bits per heavy atom. The zero-order chi connectivity index (χ0) is 25.0. The van der Waals surface area contributed by atoms with Crippen LogP contribution in [0.3, 0.4) is 0 Å². The van der Waals surface area contributed by atoms with Gasteiger partial charge in [-0.25, -0.2) is 4.79 Å².